The maximum Gasteiger partial charge on any atom is 0.313 e. The topological polar surface area (TPSA) is 102 Å². The van der Waals surface area contributed by atoms with Crippen molar-refractivity contribution in [2.45, 2.75) is 6.10 Å². The van der Waals surface area contributed by atoms with Crippen LogP contribution < -0.4 is 9.64 Å². The fourth-order valence-electron chi connectivity index (χ4n) is 3.00. The number of rotatable bonds is 7. The van der Waals surface area contributed by atoms with Gasteiger partial charge in [-0.2, -0.15) is 0 Å². The molecule has 156 valence electrons. The van der Waals surface area contributed by atoms with Gasteiger partial charge in [0.05, 0.1) is 17.2 Å². The molecule has 1 fully saturated rings. The minimum absolute atomic E-state index is 0.0449. The van der Waals surface area contributed by atoms with Crippen molar-refractivity contribution in [1.29, 1.82) is 0 Å². The molecule has 31 heavy (non-hydrogen) atoms. The molecule has 1 heterocycles. The number of benzene rings is 3. The van der Waals surface area contributed by atoms with Crippen molar-refractivity contribution in [2.75, 3.05) is 18.1 Å². The Morgan fingerprint density at radius 2 is 1.52 bits per heavy atom. The zero-order valence-electron chi connectivity index (χ0n) is 16.3. The average molecular weight is 418 g/mol. The molecule has 0 N–H and O–H groups in total. The number of carbonyl (C=O) groups is 2. The summed E-state index contributed by atoms with van der Waals surface area (Å²) in [5.74, 6) is -1.14. The molecule has 4 rings (SSSR count). The fraction of sp³-hybridized carbons (Fsp3) is 0.130. The van der Waals surface area contributed by atoms with Crippen molar-refractivity contribution in [3.8, 4) is 5.75 Å². The lowest BCUT2D eigenvalue weighted by molar-refractivity contribution is -0.385. The Morgan fingerprint density at radius 1 is 0.968 bits per heavy atom. The molecular weight excluding hydrogens is 400 g/mol. The third kappa shape index (κ3) is 4.59. The molecule has 1 saturated heterocycles. The van der Waals surface area contributed by atoms with Crippen LogP contribution in [-0.4, -0.2) is 36.1 Å². The number of ether oxygens (including phenoxy) is 2. The summed E-state index contributed by atoms with van der Waals surface area (Å²) in [7, 11) is 0. The van der Waals surface area contributed by atoms with Gasteiger partial charge in [0, 0.05) is 17.2 Å². The van der Waals surface area contributed by atoms with Gasteiger partial charge in [0.15, 0.2) is 5.75 Å². The van der Waals surface area contributed by atoms with Gasteiger partial charge in [-0.05, 0) is 36.4 Å². The summed E-state index contributed by atoms with van der Waals surface area (Å²) >= 11 is 0. The van der Waals surface area contributed by atoms with Gasteiger partial charge in [-0.25, -0.2) is 4.90 Å². The number of epoxide rings is 1. The molecule has 2 amide bonds. The number of hydrogen-bond acceptors (Lipinski definition) is 6. The minimum atomic E-state index is -0.606. The first-order valence-electron chi connectivity index (χ1n) is 9.56. The zero-order chi connectivity index (χ0) is 21.8. The Morgan fingerprint density at radius 3 is 2.00 bits per heavy atom. The van der Waals surface area contributed by atoms with Crippen LogP contribution in [0.4, 0.5) is 11.4 Å². The summed E-state index contributed by atoms with van der Waals surface area (Å²) in [6, 6.07) is 20.5. The van der Waals surface area contributed by atoms with E-state index >= 15 is 0 Å². The van der Waals surface area contributed by atoms with Gasteiger partial charge in [-0.15, -0.1) is 0 Å². The highest BCUT2D eigenvalue weighted by atomic mass is 16.6. The standard InChI is InChI=1S/C23H18N2O6/c26-22(16-7-3-1-4-8-16)24(23(27)17-9-5-2-6-10-17)18-11-12-21(20(13-18)25(28)29)31-15-19-14-30-19/h1-13,19H,14-15H2. The van der Waals surface area contributed by atoms with E-state index in [0.29, 0.717) is 6.61 Å². The highest BCUT2D eigenvalue weighted by molar-refractivity contribution is 6.25. The second kappa shape index (κ2) is 8.76. The molecule has 0 bridgehead atoms. The quantitative estimate of drug-likeness (QED) is 0.250. The molecule has 8 heteroatoms. The molecule has 1 atom stereocenters. The molecule has 1 aliphatic rings. The third-order valence-corrected chi connectivity index (χ3v) is 4.67. The van der Waals surface area contributed by atoms with Gasteiger partial charge in [0.25, 0.3) is 11.8 Å². The lowest BCUT2D eigenvalue weighted by Crippen LogP contribution is -2.37. The second-order valence-corrected chi connectivity index (χ2v) is 6.85. The molecule has 1 unspecified atom stereocenters. The second-order valence-electron chi connectivity index (χ2n) is 6.85. The summed E-state index contributed by atoms with van der Waals surface area (Å²) < 4.78 is 10.6. The smallest absolute Gasteiger partial charge is 0.313 e. The molecule has 0 aliphatic carbocycles. The van der Waals surface area contributed by atoms with Gasteiger partial charge in [-0.3, -0.25) is 19.7 Å². The van der Waals surface area contributed by atoms with Crippen LogP contribution in [0.5, 0.6) is 5.75 Å². The Bertz CT molecular complexity index is 1060. The number of hydrogen-bond donors (Lipinski definition) is 0. The maximum absolute atomic E-state index is 13.2. The number of nitro benzene ring substituents is 1. The molecule has 0 radical (unpaired) electrons. The van der Waals surface area contributed by atoms with Gasteiger partial charge in [0.2, 0.25) is 0 Å². The fourth-order valence-corrected chi connectivity index (χ4v) is 3.00. The first-order chi connectivity index (χ1) is 15.0. The van der Waals surface area contributed by atoms with Crippen LogP contribution in [0.2, 0.25) is 0 Å². The summed E-state index contributed by atoms with van der Waals surface area (Å²) in [6.07, 6.45) is -0.0740. The molecular formula is C23H18N2O6. The van der Waals surface area contributed by atoms with Crippen LogP contribution in [0, 0.1) is 10.1 Å². The number of nitrogens with zero attached hydrogens (tertiary/aromatic N) is 2. The van der Waals surface area contributed by atoms with E-state index in [9.17, 15) is 19.7 Å². The summed E-state index contributed by atoms with van der Waals surface area (Å²) in [5.41, 5.74) is 0.288. The van der Waals surface area contributed by atoms with Gasteiger partial charge in [-0.1, -0.05) is 36.4 Å². The number of imide groups is 1. The summed E-state index contributed by atoms with van der Waals surface area (Å²) in [6.45, 7) is 0.743. The maximum atomic E-state index is 13.2. The van der Waals surface area contributed by atoms with E-state index in [-0.39, 0.29) is 41.0 Å². The molecule has 0 spiro atoms. The van der Waals surface area contributed by atoms with Crippen LogP contribution in [0.3, 0.4) is 0 Å². The number of anilines is 1. The van der Waals surface area contributed by atoms with Crippen LogP contribution in [0.15, 0.2) is 78.9 Å². The van der Waals surface area contributed by atoms with Crippen LogP contribution in [0.25, 0.3) is 0 Å². The number of carbonyl (C=O) groups excluding carboxylic acids is 2. The monoisotopic (exact) mass is 418 g/mol. The van der Waals surface area contributed by atoms with Crippen molar-refractivity contribution in [3.63, 3.8) is 0 Å². The number of amides is 2. The van der Waals surface area contributed by atoms with E-state index in [1.165, 1.54) is 18.2 Å². The average Bonchev–Trinajstić information content (AvgIpc) is 3.63. The van der Waals surface area contributed by atoms with Gasteiger partial charge < -0.3 is 9.47 Å². The van der Waals surface area contributed by atoms with Crippen molar-refractivity contribution < 1.29 is 24.0 Å². The first kappa shape index (κ1) is 20.2. The predicted octanol–water partition coefficient (Wildman–Crippen LogP) is 3.86. The van der Waals surface area contributed by atoms with Gasteiger partial charge in [0.1, 0.15) is 12.7 Å². The molecule has 1 aliphatic heterocycles. The number of nitro groups is 1. The minimum Gasteiger partial charge on any atom is -0.484 e. The van der Waals surface area contributed by atoms with Crippen molar-refractivity contribution in [1.82, 2.24) is 0 Å². The van der Waals surface area contributed by atoms with E-state index in [4.69, 9.17) is 9.47 Å². The van der Waals surface area contributed by atoms with Gasteiger partial charge >= 0.3 is 5.69 Å². The lowest BCUT2D eigenvalue weighted by atomic mass is 10.1. The van der Waals surface area contributed by atoms with Crippen molar-refractivity contribution in [3.05, 3.63) is 100 Å². The van der Waals surface area contributed by atoms with Crippen LogP contribution in [0.1, 0.15) is 20.7 Å². The highest BCUT2D eigenvalue weighted by Gasteiger charge is 2.30. The van der Waals surface area contributed by atoms with E-state index in [1.807, 2.05) is 0 Å². The predicted molar refractivity (Wildman–Crippen MR) is 112 cm³/mol. The van der Waals surface area contributed by atoms with Crippen molar-refractivity contribution in [2.24, 2.45) is 0 Å². The first-order valence-corrected chi connectivity index (χ1v) is 9.56. The van der Waals surface area contributed by atoms with E-state index in [2.05, 4.69) is 0 Å². The van der Waals surface area contributed by atoms with E-state index in [1.54, 1.807) is 60.7 Å². The van der Waals surface area contributed by atoms with Crippen molar-refractivity contribution >= 4 is 23.2 Å². The Hall–Kier alpha value is -4.04. The summed E-state index contributed by atoms with van der Waals surface area (Å²) in [4.78, 5) is 38.4. The summed E-state index contributed by atoms with van der Waals surface area (Å²) in [5, 5.41) is 11.6. The SMILES string of the molecule is O=C(c1ccccc1)N(C(=O)c1ccccc1)c1ccc(OCC2CO2)c([N+](=O)[O-])c1. The molecule has 8 nitrogen and oxygen atoms in total. The Kier molecular flexibility index (Phi) is 5.72. The Labute approximate surface area is 177 Å². The van der Waals surface area contributed by atoms with Crippen LogP contribution in [-0.2, 0) is 4.74 Å². The van der Waals surface area contributed by atoms with E-state index < -0.39 is 16.7 Å². The lowest BCUT2D eigenvalue weighted by Gasteiger charge is -2.21. The third-order valence-electron chi connectivity index (χ3n) is 4.67. The largest absolute Gasteiger partial charge is 0.484 e. The Balaban J connectivity index is 1.75. The normalized spacial score (nSPS) is 14.5. The molecule has 3 aromatic rings. The molecule has 0 aromatic heterocycles. The zero-order valence-corrected chi connectivity index (χ0v) is 16.3. The molecule has 3 aromatic carbocycles. The van der Waals surface area contributed by atoms with Crippen LogP contribution >= 0.6 is 0 Å². The van der Waals surface area contributed by atoms with E-state index in [0.717, 1.165) is 4.90 Å². The highest BCUT2D eigenvalue weighted by Crippen LogP contribution is 2.33. The molecule has 0 saturated carbocycles.